The van der Waals surface area contributed by atoms with Gasteiger partial charge in [0.1, 0.15) is 0 Å². The highest BCUT2D eigenvalue weighted by atomic mass is 32.1. The van der Waals surface area contributed by atoms with Gasteiger partial charge in [-0.3, -0.25) is 14.5 Å². The lowest BCUT2D eigenvalue weighted by atomic mass is 10.0. The molecule has 1 saturated heterocycles. The van der Waals surface area contributed by atoms with Crippen LogP contribution in [0.4, 0.5) is 0 Å². The van der Waals surface area contributed by atoms with Gasteiger partial charge in [0.15, 0.2) is 0 Å². The maximum absolute atomic E-state index is 12.3. The Morgan fingerprint density at radius 3 is 2.38 bits per heavy atom. The first-order valence-corrected chi connectivity index (χ1v) is 9.41. The molecule has 2 N–H and O–H groups in total. The molecule has 2 rings (SSSR count). The molecule has 0 unspecified atom stereocenters. The smallest absolute Gasteiger partial charge is 0.261 e. The predicted octanol–water partition coefficient (Wildman–Crippen LogP) is 2.55. The predicted molar refractivity (Wildman–Crippen MR) is 98.5 cm³/mol. The van der Waals surface area contributed by atoms with Crippen molar-refractivity contribution in [3.63, 3.8) is 0 Å². The van der Waals surface area contributed by atoms with Crippen LogP contribution in [-0.2, 0) is 4.79 Å². The number of likely N-dealkylation sites (tertiary alicyclic amines) is 1. The average Bonchev–Trinajstić information content (AvgIpc) is 2.92. The fourth-order valence-corrected chi connectivity index (χ4v) is 3.65. The molecule has 0 radical (unpaired) electrons. The lowest BCUT2D eigenvalue weighted by Gasteiger charge is -2.36. The maximum atomic E-state index is 12.3. The van der Waals surface area contributed by atoms with E-state index in [2.05, 4.69) is 15.5 Å². The summed E-state index contributed by atoms with van der Waals surface area (Å²) in [6, 6.07) is 3.90. The first-order chi connectivity index (χ1) is 11.2. The van der Waals surface area contributed by atoms with E-state index in [1.807, 2.05) is 46.8 Å². The van der Waals surface area contributed by atoms with Crippen molar-refractivity contribution in [1.29, 1.82) is 0 Å². The zero-order valence-electron chi connectivity index (χ0n) is 15.3. The first-order valence-electron chi connectivity index (χ1n) is 8.59. The van der Waals surface area contributed by atoms with E-state index in [9.17, 15) is 9.59 Å². The van der Waals surface area contributed by atoms with Crippen LogP contribution in [0.15, 0.2) is 12.1 Å². The lowest BCUT2D eigenvalue weighted by molar-refractivity contribution is -0.127. The van der Waals surface area contributed by atoms with Crippen molar-refractivity contribution in [2.24, 2.45) is 0 Å². The molecule has 0 aromatic carbocycles. The van der Waals surface area contributed by atoms with Gasteiger partial charge in [0, 0.05) is 29.5 Å². The zero-order valence-corrected chi connectivity index (χ0v) is 16.1. The van der Waals surface area contributed by atoms with Gasteiger partial charge >= 0.3 is 0 Å². The van der Waals surface area contributed by atoms with Crippen molar-refractivity contribution >= 4 is 23.2 Å². The van der Waals surface area contributed by atoms with Crippen molar-refractivity contribution in [2.75, 3.05) is 13.1 Å². The maximum Gasteiger partial charge on any atom is 0.261 e. The number of carbonyl (C=O) groups excluding carboxylic acids is 2. The molecule has 0 aliphatic carbocycles. The molecule has 0 spiro atoms. The molecule has 24 heavy (non-hydrogen) atoms. The summed E-state index contributed by atoms with van der Waals surface area (Å²) in [5, 5.41) is 6.15. The quantitative estimate of drug-likeness (QED) is 0.876. The monoisotopic (exact) mass is 351 g/mol. The van der Waals surface area contributed by atoms with E-state index < -0.39 is 0 Å². The minimum absolute atomic E-state index is 0.0186. The molecule has 2 heterocycles. The van der Waals surface area contributed by atoms with Gasteiger partial charge < -0.3 is 10.6 Å². The second kappa shape index (κ2) is 7.66. The fraction of sp³-hybridized carbons (Fsp3) is 0.667. The van der Waals surface area contributed by atoms with Crippen LogP contribution in [0.2, 0.25) is 0 Å². The molecule has 1 aromatic heterocycles. The molecule has 2 amide bonds. The molecule has 6 heteroatoms. The zero-order chi connectivity index (χ0) is 17.9. The molecule has 1 aliphatic heterocycles. The number of hydrogen-bond donors (Lipinski definition) is 2. The molecule has 1 aliphatic rings. The van der Waals surface area contributed by atoms with Gasteiger partial charge in [-0.25, -0.2) is 0 Å². The molecule has 134 valence electrons. The molecule has 1 atom stereocenters. The molecule has 5 nitrogen and oxygen atoms in total. The minimum atomic E-state index is -0.212. The van der Waals surface area contributed by atoms with Crippen LogP contribution in [0.3, 0.4) is 0 Å². The van der Waals surface area contributed by atoms with Crippen LogP contribution in [0.25, 0.3) is 0 Å². The van der Waals surface area contributed by atoms with Gasteiger partial charge in [-0.1, -0.05) is 0 Å². The number of hydrogen-bond acceptors (Lipinski definition) is 4. The van der Waals surface area contributed by atoms with Gasteiger partial charge in [-0.2, -0.15) is 0 Å². The SMILES string of the molecule is Cc1ccc(C(=O)NC2CCN([C@@H](C)C(=O)NC(C)(C)C)CC2)s1. The van der Waals surface area contributed by atoms with Gasteiger partial charge in [-0.05, 0) is 59.6 Å². The highest BCUT2D eigenvalue weighted by Crippen LogP contribution is 2.18. The Hall–Kier alpha value is -1.40. The number of amides is 2. The number of nitrogens with zero attached hydrogens (tertiary/aromatic N) is 1. The normalized spacial score (nSPS) is 18.2. The molecular formula is C18H29N3O2S. The first kappa shape index (κ1) is 18.9. The van der Waals surface area contributed by atoms with Crippen LogP contribution < -0.4 is 10.6 Å². The highest BCUT2D eigenvalue weighted by molar-refractivity contribution is 7.13. The van der Waals surface area contributed by atoms with E-state index in [1.54, 1.807) is 0 Å². The van der Waals surface area contributed by atoms with Crippen molar-refractivity contribution in [3.8, 4) is 0 Å². The molecule has 0 bridgehead atoms. The second-order valence-electron chi connectivity index (χ2n) is 7.61. The van der Waals surface area contributed by atoms with Gasteiger partial charge in [0.25, 0.3) is 5.91 Å². The van der Waals surface area contributed by atoms with Crippen LogP contribution in [-0.4, -0.2) is 47.4 Å². The number of aryl methyl sites for hydroxylation is 1. The highest BCUT2D eigenvalue weighted by Gasteiger charge is 2.29. The van der Waals surface area contributed by atoms with E-state index in [0.717, 1.165) is 35.7 Å². The minimum Gasteiger partial charge on any atom is -0.350 e. The Labute approximate surface area is 148 Å². The van der Waals surface area contributed by atoms with Crippen molar-refractivity contribution in [3.05, 3.63) is 21.9 Å². The number of rotatable bonds is 4. The number of piperidine rings is 1. The average molecular weight is 352 g/mol. The van der Waals surface area contributed by atoms with Crippen LogP contribution in [0.1, 0.15) is 55.1 Å². The van der Waals surface area contributed by atoms with Crippen LogP contribution >= 0.6 is 11.3 Å². The third-order valence-electron chi connectivity index (χ3n) is 4.25. The molecule has 1 fully saturated rings. The third-order valence-corrected chi connectivity index (χ3v) is 5.25. The van der Waals surface area contributed by atoms with E-state index in [-0.39, 0.29) is 29.4 Å². The molecule has 0 saturated carbocycles. The summed E-state index contributed by atoms with van der Waals surface area (Å²) in [6.45, 7) is 11.6. The van der Waals surface area contributed by atoms with Crippen LogP contribution in [0.5, 0.6) is 0 Å². The van der Waals surface area contributed by atoms with Crippen molar-refractivity contribution in [2.45, 2.75) is 65.1 Å². The summed E-state index contributed by atoms with van der Waals surface area (Å²) in [5.41, 5.74) is -0.212. The summed E-state index contributed by atoms with van der Waals surface area (Å²) in [5.74, 6) is 0.0871. The van der Waals surface area contributed by atoms with Crippen LogP contribution in [0, 0.1) is 6.92 Å². The van der Waals surface area contributed by atoms with Gasteiger partial charge in [0.05, 0.1) is 10.9 Å². The lowest BCUT2D eigenvalue weighted by Crippen LogP contribution is -2.54. The number of nitrogens with one attached hydrogen (secondary N) is 2. The Morgan fingerprint density at radius 1 is 1.25 bits per heavy atom. The van der Waals surface area contributed by atoms with Crippen molar-refractivity contribution < 1.29 is 9.59 Å². The standard InChI is InChI=1S/C18H29N3O2S/c1-12-6-7-15(24-12)17(23)19-14-8-10-21(11-9-14)13(2)16(22)20-18(3,4)5/h6-7,13-14H,8-11H2,1-5H3,(H,19,23)(H,20,22)/t13-/m0/s1. The summed E-state index contributed by atoms with van der Waals surface area (Å²) in [4.78, 5) is 28.6. The van der Waals surface area contributed by atoms with Gasteiger partial charge in [0.2, 0.25) is 5.91 Å². The van der Waals surface area contributed by atoms with E-state index in [0.29, 0.717) is 0 Å². The Morgan fingerprint density at radius 2 is 1.88 bits per heavy atom. The van der Waals surface area contributed by atoms with Crippen molar-refractivity contribution in [1.82, 2.24) is 15.5 Å². The molecule has 1 aromatic rings. The summed E-state index contributed by atoms with van der Waals surface area (Å²) in [6.07, 6.45) is 1.76. The second-order valence-corrected chi connectivity index (χ2v) is 8.90. The van der Waals surface area contributed by atoms with E-state index in [4.69, 9.17) is 0 Å². The summed E-state index contributed by atoms with van der Waals surface area (Å²) < 4.78 is 0. The summed E-state index contributed by atoms with van der Waals surface area (Å²) >= 11 is 1.52. The van der Waals surface area contributed by atoms with E-state index >= 15 is 0 Å². The van der Waals surface area contributed by atoms with E-state index in [1.165, 1.54) is 11.3 Å². The Balaban J connectivity index is 1.80. The summed E-state index contributed by atoms with van der Waals surface area (Å²) in [7, 11) is 0. The largest absolute Gasteiger partial charge is 0.350 e. The topological polar surface area (TPSA) is 61.4 Å². The molecular weight excluding hydrogens is 322 g/mol. The Bertz CT molecular complexity index is 583. The third kappa shape index (κ3) is 5.31. The fourth-order valence-electron chi connectivity index (χ4n) is 2.88. The Kier molecular flexibility index (Phi) is 6.04. The van der Waals surface area contributed by atoms with Gasteiger partial charge in [-0.15, -0.1) is 11.3 Å². The number of thiophene rings is 1. The number of carbonyl (C=O) groups is 2.